The third kappa shape index (κ3) is 4.74. The molecule has 1 saturated carbocycles. The van der Waals surface area contributed by atoms with Crippen LogP contribution in [0.1, 0.15) is 37.7 Å². The van der Waals surface area contributed by atoms with Crippen molar-refractivity contribution in [2.75, 3.05) is 6.61 Å². The van der Waals surface area contributed by atoms with Crippen molar-refractivity contribution in [3.63, 3.8) is 0 Å². The lowest BCUT2D eigenvalue weighted by atomic mass is 9.94. The summed E-state index contributed by atoms with van der Waals surface area (Å²) in [4.78, 5) is 20.7. The summed E-state index contributed by atoms with van der Waals surface area (Å²) in [5.41, 5.74) is 1.77. The molecule has 5 nitrogen and oxygen atoms in total. The Balaban J connectivity index is 1.61. The number of carbonyl (C=O) groups is 1. The van der Waals surface area contributed by atoms with Crippen LogP contribution < -0.4 is 4.74 Å². The van der Waals surface area contributed by atoms with Gasteiger partial charge in [-0.15, -0.1) is 0 Å². The van der Waals surface area contributed by atoms with Crippen molar-refractivity contribution in [1.82, 2.24) is 4.90 Å². The zero-order valence-corrected chi connectivity index (χ0v) is 17.5. The SMILES string of the molecule is N#CCOc1ccc(C=C2SC(=Nc3ccccc3)N(C3CCCCC3)C2=O)cc1. The van der Waals surface area contributed by atoms with Crippen molar-refractivity contribution < 1.29 is 9.53 Å². The molecule has 1 aliphatic heterocycles. The maximum Gasteiger partial charge on any atom is 0.267 e. The van der Waals surface area contributed by atoms with Crippen molar-refractivity contribution in [2.24, 2.45) is 4.99 Å². The molecule has 30 heavy (non-hydrogen) atoms. The summed E-state index contributed by atoms with van der Waals surface area (Å²) in [5.74, 6) is 0.672. The smallest absolute Gasteiger partial charge is 0.267 e. The monoisotopic (exact) mass is 417 g/mol. The van der Waals surface area contributed by atoms with Gasteiger partial charge in [0.2, 0.25) is 0 Å². The number of rotatable bonds is 5. The Labute approximate surface area is 181 Å². The van der Waals surface area contributed by atoms with Crippen LogP contribution >= 0.6 is 11.8 Å². The molecule has 0 aromatic heterocycles. The number of nitriles is 1. The van der Waals surface area contributed by atoms with Crippen molar-refractivity contribution in [3.8, 4) is 11.8 Å². The van der Waals surface area contributed by atoms with Gasteiger partial charge in [0.25, 0.3) is 5.91 Å². The molecule has 2 aliphatic rings. The van der Waals surface area contributed by atoms with E-state index in [9.17, 15) is 4.79 Å². The second-order valence-electron chi connectivity index (χ2n) is 7.32. The van der Waals surface area contributed by atoms with Gasteiger partial charge >= 0.3 is 0 Å². The number of thioether (sulfide) groups is 1. The van der Waals surface area contributed by atoms with Gasteiger partial charge in [0, 0.05) is 6.04 Å². The molecule has 1 heterocycles. The predicted molar refractivity (Wildman–Crippen MR) is 120 cm³/mol. The topological polar surface area (TPSA) is 65.7 Å². The quantitative estimate of drug-likeness (QED) is 0.600. The molecule has 1 amide bonds. The molecular weight excluding hydrogens is 394 g/mol. The molecule has 0 bridgehead atoms. The van der Waals surface area contributed by atoms with Gasteiger partial charge in [-0.25, -0.2) is 4.99 Å². The predicted octanol–water partition coefficient (Wildman–Crippen LogP) is 5.53. The lowest BCUT2D eigenvalue weighted by Crippen LogP contribution is -2.40. The fourth-order valence-electron chi connectivity index (χ4n) is 3.77. The Morgan fingerprint density at radius 1 is 1.10 bits per heavy atom. The average Bonchev–Trinajstić information content (AvgIpc) is 3.09. The summed E-state index contributed by atoms with van der Waals surface area (Å²) in [6.45, 7) is 0.0183. The van der Waals surface area contributed by atoms with Crippen LogP contribution in [0.4, 0.5) is 5.69 Å². The van der Waals surface area contributed by atoms with Crippen LogP contribution in [0.3, 0.4) is 0 Å². The van der Waals surface area contributed by atoms with Crippen LogP contribution in [0.15, 0.2) is 64.5 Å². The minimum Gasteiger partial charge on any atom is -0.479 e. The first-order valence-corrected chi connectivity index (χ1v) is 11.0. The third-order valence-corrected chi connectivity index (χ3v) is 6.22. The van der Waals surface area contributed by atoms with E-state index >= 15 is 0 Å². The highest BCUT2D eigenvalue weighted by atomic mass is 32.2. The van der Waals surface area contributed by atoms with Gasteiger partial charge < -0.3 is 4.74 Å². The van der Waals surface area contributed by atoms with Crippen molar-refractivity contribution in [2.45, 2.75) is 38.1 Å². The first-order chi connectivity index (χ1) is 14.7. The van der Waals surface area contributed by atoms with E-state index in [2.05, 4.69) is 0 Å². The van der Waals surface area contributed by atoms with Gasteiger partial charge in [-0.2, -0.15) is 5.26 Å². The standard InChI is InChI=1S/C24H23N3O2S/c25-15-16-29-21-13-11-18(12-14-21)17-22-23(28)27(20-9-5-2-6-10-20)24(30-22)26-19-7-3-1-4-8-19/h1,3-4,7-8,11-14,17,20H,2,5-6,9-10,16H2. The van der Waals surface area contributed by atoms with Gasteiger partial charge in [-0.3, -0.25) is 9.69 Å². The highest BCUT2D eigenvalue weighted by Crippen LogP contribution is 2.38. The number of aliphatic imine (C=N–C) groups is 1. The second kappa shape index (κ2) is 9.64. The van der Waals surface area contributed by atoms with Crippen LogP contribution in [-0.2, 0) is 4.79 Å². The highest BCUT2D eigenvalue weighted by Gasteiger charge is 2.38. The van der Waals surface area contributed by atoms with Gasteiger partial charge in [-0.05, 0) is 60.5 Å². The minimum absolute atomic E-state index is 0.0183. The van der Waals surface area contributed by atoms with Crippen molar-refractivity contribution >= 4 is 34.6 Å². The van der Waals surface area contributed by atoms with Crippen LogP contribution in [0.2, 0.25) is 0 Å². The lowest BCUT2D eigenvalue weighted by molar-refractivity contribution is -0.124. The molecule has 2 aromatic carbocycles. The number of amidine groups is 1. The number of para-hydroxylation sites is 1. The van der Waals surface area contributed by atoms with E-state index in [1.165, 1.54) is 18.2 Å². The lowest BCUT2D eigenvalue weighted by Gasteiger charge is -2.30. The van der Waals surface area contributed by atoms with E-state index in [0.29, 0.717) is 10.7 Å². The van der Waals surface area contributed by atoms with Gasteiger partial charge in [0.1, 0.15) is 11.8 Å². The Morgan fingerprint density at radius 2 is 1.83 bits per heavy atom. The van der Waals surface area contributed by atoms with E-state index in [1.54, 1.807) is 0 Å². The molecular formula is C24H23N3O2S. The molecule has 1 saturated heterocycles. The molecule has 2 aromatic rings. The Morgan fingerprint density at radius 3 is 2.53 bits per heavy atom. The molecule has 4 rings (SSSR count). The molecule has 6 heteroatoms. The van der Waals surface area contributed by atoms with Gasteiger partial charge in [-0.1, -0.05) is 49.6 Å². The molecule has 0 atom stereocenters. The zero-order valence-electron chi connectivity index (χ0n) is 16.7. The van der Waals surface area contributed by atoms with E-state index in [0.717, 1.165) is 42.1 Å². The summed E-state index contributed by atoms with van der Waals surface area (Å²) in [6.07, 6.45) is 7.50. The number of hydrogen-bond acceptors (Lipinski definition) is 5. The fraction of sp³-hybridized carbons (Fsp3) is 0.292. The Bertz CT molecular complexity index is 987. The zero-order chi connectivity index (χ0) is 20.8. The number of hydrogen-bond donors (Lipinski definition) is 0. The number of nitrogens with zero attached hydrogens (tertiary/aromatic N) is 3. The maximum atomic E-state index is 13.3. The van der Waals surface area contributed by atoms with Crippen LogP contribution in [0.25, 0.3) is 6.08 Å². The van der Waals surface area contributed by atoms with Crippen molar-refractivity contribution in [3.05, 3.63) is 65.1 Å². The largest absolute Gasteiger partial charge is 0.479 e. The summed E-state index contributed by atoms with van der Waals surface area (Å²) < 4.78 is 5.30. The summed E-state index contributed by atoms with van der Waals surface area (Å²) in [7, 11) is 0. The van der Waals surface area contributed by atoms with E-state index in [4.69, 9.17) is 15.0 Å². The third-order valence-electron chi connectivity index (χ3n) is 5.24. The van der Waals surface area contributed by atoms with Gasteiger partial charge in [0.05, 0.1) is 10.6 Å². The summed E-state index contributed by atoms with van der Waals surface area (Å²) >= 11 is 1.44. The van der Waals surface area contributed by atoms with E-state index in [1.807, 2.05) is 71.6 Å². The molecule has 0 unspecified atom stereocenters. The average molecular weight is 418 g/mol. The Hall–Kier alpha value is -3.04. The van der Waals surface area contributed by atoms with Crippen LogP contribution in [0.5, 0.6) is 5.75 Å². The van der Waals surface area contributed by atoms with Crippen LogP contribution in [-0.4, -0.2) is 28.6 Å². The van der Waals surface area contributed by atoms with E-state index in [-0.39, 0.29) is 18.6 Å². The highest BCUT2D eigenvalue weighted by molar-refractivity contribution is 8.18. The second-order valence-corrected chi connectivity index (χ2v) is 8.33. The number of ether oxygens (including phenoxy) is 1. The first kappa shape index (κ1) is 20.2. The molecule has 1 aliphatic carbocycles. The number of amides is 1. The fourth-order valence-corrected chi connectivity index (χ4v) is 4.82. The molecule has 2 fully saturated rings. The van der Waals surface area contributed by atoms with E-state index < -0.39 is 0 Å². The molecule has 0 spiro atoms. The van der Waals surface area contributed by atoms with Crippen molar-refractivity contribution in [1.29, 1.82) is 5.26 Å². The molecule has 152 valence electrons. The van der Waals surface area contributed by atoms with Gasteiger partial charge in [0.15, 0.2) is 11.8 Å². The summed E-state index contributed by atoms with van der Waals surface area (Å²) in [6, 6.07) is 19.4. The minimum atomic E-state index is 0.0183. The molecule has 0 radical (unpaired) electrons. The number of benzene rings is 2. The summed E-state index contributed by atoms with van der Waals surface area (Å²) in [5, 5.41) is 9.39. The maximum absolute atomic E-state index is 13.3. The van der Waals surface area contributed by atoms with Crippen LogP contribution in [0, 0.1) is 11.3 Å². The number of carbonyl (C=O) groups excluding carboxylic acids is 1. The Kier molecular flexibility index (Phi) is 6.50. The normalized spacial score (nSPS) is 20.0. The molecule has 0 N–H and O–H groups in total. The first-order valence-electron chi connectivity index (χ1n) is 10.2.